The van der Waals surface area contributed by atoms with Crippen molar-refractivity contribution in [2.75, 3.05) is 0 Å². The summed E-state index contributed by atoms with van der Waals surface area (Å²) in [6, 6.07) is 31.2. The van der Waals surface area contributed by atoms with Gasteiger partial charge in [-0.1, -0.05) is 106 Å². The van der Waals surface area contributed by atoms with Crippen LogP contribution in [0.5, 0.6) is 11.6 Å². The van der Waals surface area contributed by atoms with Gasteiger partial charge in [-0.3, -0.25) is 0 Å². The predicted octanol–water partition coefficient (Wildman–Crippen LogP) is 11.8. The number of hydrogen-bond acceptors (Lipinski definition) is 3. The number of fused-ring (bicyclic) bond motifs is 3. The van der Waals surface area contributed by atoms with Crippen LogP contribution >= 0.6 is 0 Å². The third kappa shape index (κ3) is 7.41. The first-order chi connectivity index (χ1) is 22.3. The van der Waals surface area contributed by atoms with Gasteiger partial charge in [-0.15, -0.1) is 18.2 Å². The number of hydrogen-bond donors (Lipinski definition) is 0. The average molecular weight is 831 g/mol. The Hall–Kier alpha value is -3.75. The summed E-state index contributed by atoms with van der Waals surface area (Å²) in [5, 5.41) is 2.38. The van der Waals surface area contributed by atoms with Gasteiger partial charge in [-0.05, 0) is 68.1 Å². The molecule has 0 aliphatic carbocycles. The molecule has 0 atom stereocenters. The molecule has 0 N–H and O–H groups in total. The molecule has 3 aromatic heterocycles. The van der Waals surface area contributed by atoms with Crippen molar-refractivity contribution in [1.82, 2.24) is 14.5 Å². The van der Waals surface area contributed by atoms with Gasteiger partial charge in [0.05, 0.1) is 0 Å². The largest absolute Gasteiger partial charge is 2.00 e. The molecule has 3 heterocycles. The molecule has 256 valence electrons. The summed E-state index contributed by atoms with van der Waals surface area (Å²) in [6.07, 6.45) is 3.74. The summed E-state index contributed by atoms with van der Waals surface area (Å²) in [5.41, 5.74) is 8.79. The fourth-order valence-corrected chi connectivity index (χ4v) is 6.20. The molecule has 3 aromatic carbocycles. The fourth-order valence-electron chi connectivity index (χ4n) is 6.20. The van der Waals surface area contributed by atoms with Crippen molar-refractivity contribution in [2.45, 2.75) is 105 Å². The van der Waals surface area contributed by atoms with E-state index in [4.69, 9.17) is 9.72 Å². The molecule has 6 rings (SSSR count). The van der Waals surface area contributed by atoms with E-state index >= 15 is 0 Å². The molecular weight excluding hydrogens is 782 g/mol. The van der Waals surface area contributed by atoms with Gasteiger partial charge in [-0.2, -0.15) is 23.8 Å². The summed E-state index contributed by atoms with van der Waals surface area (Å²) in [4.78, 5) is 9.44. The SMILES string of the molecule is CC(C)(C)c1ccnc(Oc2[c-]c(-c3[c-]c4c(cc3C(C)(C)C)c3cc(C(C)(C)C)ccc3n4-c3cc(C(C)(C)C)ccn3)ccc2)c1.[Pt+2]. The van der Waals surface area contributed by atoms with Gasteiger partial charge in [0.15, 0.2) is 0 Å². The van der Waals surface area contributed by atoms with Crippen molar-refractivity contribution < 1.29 is 25.8 Å². The van der Waals surface area contributed by atoms with Crippen molar-refractivity contribution in [2.24, 2.45) is 0 Å². The Kier molecular flexibility index (Phi) is 9.58. The molecular formula is C44H49N3OPt. The van der Waals surface area contributed by atoms with Crippen molar-refractivity contribution in [3.05, 3.63) is 114 Å². The summed E-state index contributed by atoms with van der Waals surface area (Å²) in [5.74, 6) is 2.07. The zero-order chi connectivity index (χ0) is 34.8. The molecule has 0 bridgehead atoms. The van der Waals surface area contributed by atoms with Crippen LogP contribution in [0.25, 0.3) is 38.8 Å². The van der Waals surface area contributed by atoms with E-state index in [1.54, 1.807) is 0 Å². The Morgan fingerprint density at radius 2 is 1.20 bits per heavy atom. The maximum atomic E-state index is 6.32. The molecule has 4 nitrogen and oxygen atoms in total. The number of benzene rings is 3. The molecule has 0 saturated carbocycles. The first kappa shape index (κ1) is 36.5. The van der Waals surface area contributed by atoms with Crippen LogP contribution in [0, 0.1) is 12.1 Å². The van der Waals surface area contributed by atoms with E-state index in [0.717, 1.165) is 28.0 Å². The average Bonchev–Trinajstić information content (AvgIpc) is 3.32. The molecule has 6 aromatic rings. The standard InChI is InChI=1S/C44H49N3O.Pt/c1-41(2,3)29-16-17-37-34(23-29)35-26-36(44(10,11)12)33(27-38(35)47(37)39-24-30(18-20-45-39)42(4,5)6)28-14-13-15-32(22-28)48-40-25-31(19-21-46-40)43(7,8)9;/h13-21,23-26H,1-12H3;/q-2;+2. The minimum atomic E-state index is -0.159. The minimum Gasteiger partial charge on any atom is -0.460 e. The van der Waals surface area contributed by atoms with Crippen LogP contribution in [0.15, 0.2) is 79.1 Å². The van der Waals surface area contributed by atoms with Crippen LogP contribution in [0.4, 0.5) is 0 Å². The number of aromatic nitrogens is 3. The van der Waals surface area contributed by atoms with E-state index in [9.17, 15) is 0 Å². The van der Waals surface area contributed by atoms with Crippen molar-refractivity contribution in [1.29, 1.82) is 0 Å². The molecule has 0 radical (unpaired) electrons. The zero-order valence-corrected chi connectivity index (χ0v) is 33.3. The molecule has 0 spiro atoms. The van der Waals surface area contributed by atoms with Crippen LogP contribution in [0.1, 0.15) is 105 Å². The van der Waals surface area contributed by atoms with E-state index < -0.39 is 0 Å². The first-order valence-corrected chi connectivity index (χ1v) is 17.0. The number of rotatable bonds is 4. The molecule has 49 heavy (non-hydrogen) atoms. The summed E-state index contributed by atoms with van der Waals surface area (Å²) >= 11 is 0. The maximum absolute atomic E-state index is 6.32. The van der Waals surface area contributed by atoms with E-state index in [0.29, 0.717) is 11.6 Å². The Balaban J connectivity index is 0.00000468. The molecule has 0 saturated heterocycles. The Morgan fingerprint density at radius 3 is 1.84 bits per heavy atom. The van der Waals surface area contributed by atoms with Gasteiger partial charge < -0.3 is 9.30 Å². The third-order valence-corrected chi connectivity index (χ3v) is 9.18. The van der Waals surface area contributed by atoms with Gasteiger partial charge >= 0.3 is 21.1 Å². The summed E-state index contributed by atoms with van der Waals surface area (Å²) in [6.45, 7) is 26.9. The van der Waals surface area contributed by atoms with Crippen molar-refractivity contribution in [3.63, 3.8) is 0 Å². The molecule has 0 aliphatic rings. The van der Waals surface area contributed by atoms with Gasteiger partial charge in [-0.25, -0.2) is 21.1 Å². The summed E-state index contributed by atoms with van der Waals surface area (Å²) in [7, 11) is 0. The van der Waals surface area contributed by atoms with E-state index in [1.807, 2.05) is 36.7 Å². The van der Waals surface area contributed by atoms with E-state index in [-0.39, 0.29) is 42.7 Å². The molecule has 0 aliphatic heterocycles. The zero-order valence-electron chi connectivity index (χ0n) is 31.1. The van der Waals surface area contributed by atoms with Crippen LogP contribution in [0.2, 0.25) is 0 Å². The van der Waals surface area contributed by atoms with Crippen molar-refractivity contribution >= 4 is 21.8 Å². The second-order valence-electron chi connectivity index (χ2n) is 17.2. The molecule has 0 amide bonds. The Bertz CT molecular complexity index is 2150. The van der Waals surface area contributed by atoms with Crippen LogP contribution < -0.4 is 4.74 Å². The topological polar surface area (TPSA) is 39.9 Å². The third-order valence-electron chi connectivity index (χ3n) is 9.18. The molecule has 0 unspecified atom stereocenters. The number of ether oxygens (including phenoxy) is 1. The summed E-state index contributed by atoms with van der Waals surface area (Å²) < 4.78 is 8.61. The van der Waals surface area contributed by atoms with Gasteiger partial charge in [0, 0.05) is 29.7 Å². The van der Waals surface area contributed by atoms with Gasteiger partial charge in [0.1, 0.15) is 5.82 Å². The van der Waals surface area contributed by atoms with Crippen molar-refractivity contribution in [3.8, 4) is 28.6 Å². The predicted molar refractivity (Wildman–Crippen MR) is 201 cm³/mol. The monoisotopic (exact) mass is 830 g/mol. The Morgan fingerprint density at radius 1 is 0.592 bits per heavy atom. The van der Waals surface area contributed by atoms with Crippen LogP contribution in [-0.2, 0) is 42.7 Å². The quantitative estimate of drug-likeness (QED) is 0.166. The second-order valence-corrected chi connectivity index (χ2v) is 17.2. The second kappa shape index (κ2) is 12.9. The Labute approximate surface area is 307 Å². The van der Waals surface area contributed by atoms with E-state index in [1.165, 1.54) is 33.0 Å². The van der Waals surface area contributed by atoms with Gasteiger partial charge in [0.25, 0.3) is 0 Å². The van der Waals surface area contributed by atoms with E-state index in [2.05, 4.69) is 147 Å². The smallest absolute Gasteiger partial charge is 0.460 e. The first-order valence-electron chi connectivity index (χ1n) is 17.0. The molecule has 0 fully saturated rings. The van der Waals surface area contributed by atoms with Crippen LogP contribution in [-0.4, -0.2) is 14.5 Å². The number of pyridine rings is 2. The molecule has 5 heteroatoms. The van der Waals surface area contributed by atoms with Gasteiger partial charge in [0.2, 0.25) is 5.88 Å². The van der Waals surface area contributed by atoms with Crippen LogP contribution in [0.3, 0.4) is 0 Å². The fraction of sp³-hybridized carbons (Fsp3) is 0.364. The maximum Gasteiger partial charge on any atom is 2.00 e. The number of nitrogens with zero attached hydrogens (tertiary/aromatic N) is 3. The minimum absolute atomic E-state index is 0. The normalized spacial score (nSPS) is 12.7.